The molecule has 3 nitrogen and oxygen atoms in total. The number of Topliss-reactive ketones (excluding diaryl/α,β-unsaturated/α-hetero) is 1. The number of benzene rings is 2. The molecule has 1 unspecified atom stereocenters. The molecule has 0 saturated carbocycles. The van der Waals surface area contributed by atoms with Gasteiger partial charge < -0.3 is 9.84 Å². The van der Waals surface area contributed by atoms with Crippen molar-refractivity contribution in [2.24, 2.45) is 0 Å². The van der Waals surface area contributed by atoms with Crippen LogP contribution in [-0.2, 0) is 10.5 Å². The number of carbonyl (C=O) groups excluding carboxylic acids is 1. The van der Waals surface area contributed by atoms with Gasteiger partial charge in [-0.2, -0.15) is 0 Å². The first-order valence-electron chi connectivity index (χ1n) is 6.59. The molecule has 1 N–H and O–H groups in total. The van der Waals surface area contributed by atoms with Crippen molar-refractivity contribution in [1.29, 1.82) is 0 Å². The third-order valence-corrected chi connectivity index (χ3v) is 2.92. The van der Waals surface area contributed by atoms with E-state index in [1.807, 2.05) is 12.1 Å². The van der Waals surface area contributed by atoms with Gasteiger partial charge in [0, 0.05) is 11.1 Å². The van der Waals surface area contributed by atoms with Gasteiger partial charge in [-0.25, -0.2) is 0 Å². The summed E-state index contributed by atoms with van der Waals surface area (Å²) < 4.78 is 5.55. The minimum absolute atomic E-state index is 0.284. The molecule has 0 spiro atoms. The van der Waals surface area contributed by atoms with Crippen LogP contribution < -0.4 is 0 Å². The molecule has 0 amide bonds. The van der Waals surface area contributed by atoms with Gasteiger partial charge in [-0.15, -0.1) is 0 Å². The normalized spacial score (nSPS) is 14.0. The molecule has 2 aromatic carbocycles. The van der Waals surface area contributed by atoms with Crippen LogP contribution in [0.3, 0.4) is 0 Å². The smallest absolute Gasteiger partial charge is 0.259 e. The quantitative estimate of drug-likeness (QED) is 0.670. The zero-order chi connectivity index (χ0) is 14.6. The fourth-order valence-corrected chi connectivity index (χ4v) is 2.04. The zero-order valence-corrected chi connectivity index (χ0v) is 11.6. The highest BCUT2D eigenvalue weighted by Crippen LogP contribution is 2.28. The first-order chi connectivity index (χ1) is 9.54. The van der Waals surface area contributed by atoms with Crippen molar-refractivity contribution in [3.8, 4) is 0 Å². The number of hydrogen-bond donors (Lipinski definition) is 1. The van der Waals surface area contributed by atoms with Crippen molar-refractivity contribution < 1.29 is 14.6 Å². The summed E-state index contributed by atoms with van der Waals surface area (Å²) in [6.07, 6.45) is -0.284. The first kappa shape index (κ1) is 14.4. The molecule has 0 aliphatic rings. The Morgan fingerprint density at radius 3 is 2.00 bits per heavy atom. The van der Waals surface area contributed by atoms with Gasteiger partial charge in [-0.3, -0.25) is 4.79 Å². The van der Waals surface area contributed by atoms with Gasteiger partial charge >= 0.3 is 0 Å². The van der Waals surface area contributed by atoms with E-state index in [1.54, 1.807) is 62.4 Å². The van der Waals surface area contributed by atoms with Crippen LogP contribution in [-0.4, -0.2) is 17.0 Å². The minimum atomic E-state index is -1.96. The molecule has 0 saturated heterocycles. The number of carbonyl (C=O) groups is 1. The van der Waals surface area contributed by atoms with E-state index in [1.165, 1.54) is 0 Å². The van der Waals surface area contributed by atoms with Crippen LogP contribution >= 0.6 is 0 Å². The summed E-state index contributed by atoms with van der Waals surface area (Å²) in [5.41, 5.74) is 0.849. The molecule has 3 heteroatoms. The average Bonchev–Trinajstić information content (AvgIpc) is 2.47. The Kier molecular flexibility index (Phi) is 4.32. The second kappa shape index (κ2) is 5.99. The third-order valence-electron chi connectivity index (χ3n) is 2.92. The molecule has 104 valence electrons. The van der Waals surface area contributed by atoms with E-state index < -0.39 is 11.6 Å². The first-order valence-corrected chi connectivity index (χ1v) is 6.59. The lowest BCUT2D eigenvalue weighted by Crippen LogP contribution is -2.40. The maximum atomic E-state index is 12.6. The van der Waals surface area contributed by atoms with Crippen molar-refractivity contribution >= 4 is 5.78 Å². The number of aliphatic hydroxyl groups is 1. The second-order valence-corrected chi connectivity index (χ2v) is 4.87. The summed E-state index contributed by atoms with van der Waals surface area (Å²) in [4.78, 5) is 12.6. The van der Waals surface area contributed by atoms with E-state index in [0.29, 0.717) is 11.1 Å². The van der Waals surface area contributed by atoms with Gasteiger partial charge in [-0.05, 0) is 13.8 Å². The standard InChI is InChI=1S/C17H18O3/c1-13(2)20-17(19,15-11-7-4-8-12-15)16(18)14-9-5-3-6-10-14/h3-13,19H,1-2H3. The van der Waals surface area contributed by atoms with Crippen molar-refractivity contribution in [3.05, 3.63) is 71.8 Å². The SMILES string of the molecule is CC(C)OC(O)(C(=O)c1ccccc1)c1ccccc1. The predicted molar refractivity (Wildman–Crippen MR) is 77.3 cm³/mol. The molecule has 20 heavy (non-hydrogen) atoms. The van der Waals surface area contributed by atoms with Crippen LogP contribution in [0.25, 0.3) is 0 Å². The highest BCUT2D eigenvalue weighted by molar-refractivity contribution is 6.01. The molecule has 0 aliphatic carbocycles. The maximum Gasteiger partial charge on any atom is 0.259 e. The van der Waals surface area contributed by atoms with Crippen molar-refractivity contribution in [2.75, 3.05) is 0 Å². The minimum Gasteiger partial charge on any atom is -0.356 e. The van der Waals surface area contributed by atoms with Gasteiger partial charge in [0.2, 0.25) is 5.78 Å². The van der Waals surface area contributed by atoms with E-state index in [2.05, 4.69) is 0 Å². The van der Waals surface area contributed by atoms with Crippen LogP contribution in [0.4, 0.5) is 0 Å². The molecule has 0 bridgehead atoms. The summed E-state index contributed by atoms with van der Waals surface area (Å²) in [5, 5.41) is 10.8. The summed E-state index contributed by atoms with van der Waals surface area (Å²) in [7, 11) is 0. The van der Waals surface area contributed by atoms with Gasteiger partial charge in [-0.1, -0.05) is 60.7 Å². The van der Waals surface area contributed by atoms with Gasteiger partial charge in [0.15, 0.2) is 0 Å². The van der Waals surface area contributed by atoms with Crippen LogP contribution in [0.1, 0.15) is 29.8 Å². The fraction of sp³-hybridized carbons (Fsp3) is 0.235. The number of hydrogen-bond acceptors (Lipinski definition) is 3. The van der Waals surface area contributed by atoms with Gasteiger partial charge in [0.05, 0.1) is 6.10 Å². The molecule has 0 aliphatic heterocycles. The van der Waals surface area contributed by atoms with E-state index in [4.69, 9.17) is 4.74 Å². The van der Waals surface area contributed by atoms with Crippen LogP contribution in [0.2, 0.25) is 0 Å². The average molecular weight is 270 g/mol. The number of ketones is 1. The lowest BCUT2D eigenvalue weighted by Gasteiger charge is -2.29. The van der Waals surface area contributed by atoms with Crippen LogP contribution in [0.5, 0.6) is 0 Å². The highest BCUT2D eigenvalue weighted by Gasteiger charge is 2.40. The number of rotatable bonds is 5. The van der Waals surface area contributed by atoms with Crippen molar-refractivity contribution in [3.63, 3.8) is 0 Å². The lowest BCUT2D eigenvalue weighted by molar-refractivity contribution is -0.194. The van der Waals surface area contributed by atoms with E-state index in [0.717, 1.165) is 0 Å². The van der Waals surface area contributed by atoms with Gasteiger partial charge in [0.25, 0.3) is 5.79 Å². The Balaban J connectivity index is 2.45. The van der Waals surface area contributed by atoms with E-state index in [9.17, 15) is 9.90 Å². The molecule has 0 heterocycles. The molecular formula is C17H18O3. The Labute approximate surface area is 118 Å². The molecule has 0 radical (unpaired) electrons. The largest absolute Gasteiger partial charge is 0.356 e. The van der Waals surface area contributed by atoms with Crippen LogP contribution in [0, 0.1) is 0 Å². The maximum absolute atomic E-state index is 12.6. The topological polar surface area (TPSA) is 46.5 Å². The Hall–Kier alpha value is -1.97. The molecular weight excluding hydrogens is 252 g/mol. The number of ether oxygens (including phenoxy) is 1. The third kappa shape index (κ3) is 2.95. The fourth-order valence-electron chi connectivity index (χ4n) is 2.04. The van der Waals surface area contributed by atoms with Crippen molar-refractivity contribution in [1.82, 2.24) is 0 Å². The summed E-state index contributed by atoms with van der Waals surface area (Å²) in [6, 6.07) is 17.4. The molecule has 2 aromatic rings. The Morgan fingerprint density at radius 2 is 1.50 bits per heavy atom. The Bertz CT molecular complexity index is 563. The van der Waals surface area contributed by atoms with E-state index in [-0.39, 0.29) is 6.10 Å². The molecule has 0 aromatic heterocycles. The molecule has 1 atom stereocenters. The molecule has 2 rings (SSSR count). The summed E-state index contributed by atoms with van der Waals surface area (Å²) >= 11 is 0. The lowest BCUT2D eigenvalue weighted by atomic mass is 9.96. The van der Waals surface area contributed by atoms with Crippen LogP contribution in [0.15, 0.2) is 60.7 Å². The highest BCUT2D eigenvalue weighted by atomic mass is 16.6. The van der Waals surface area contributed by atoms with Gasteiger partial charge in [0.1, 0.15) is 0 Å². The zero-order valence-electron chi connectivity index (χ0n) is 11.6. The van der Waals surface area contributed by atoms with E-state index >= 15 is 0 Å². The summed E-state index contributed by atoms with van der Waals surface area (Å²) in [5.74, 6) is -2.42. The van der Waals surface area contributed by atoms with Crippen molar-refractivity contribution in [2.45, 2.75) is 25.7 Å². The Morgan fingerprint density at radius 1 is 1.00 bits per heavy atom. The summed E-state index contributed by atoms with van der Waals surface area (Å²) in [6.45, 7) is 3.57. The molecule has 0 fully saturated rings. The second-order valence-electron chi connectivity index (χ2n) is 4.87. The predicted octanol–water partition coefficient (Wildman–Crippen LogP) is 3.14. The monoisotopic (exact) mass is 270 g/mol.